The topological polar surface area (TPSA) is 0 Å². The molecule has 0 aromatic carbocycles. The molecule has 38 valence electrons. The molecule has 0 heterocycles. The number of hydrogen-bond acceptors (Lipinski definition) is 0. The Morgan fingerprint density at radius 3 is 2.00 bits per heavy atom. The largest absolute Gasteiger partial charge is 2.00 e. The van der Waals surface area contributed by atoms with Gasteiger partial charge in [0.15, 0.2) is 0 Å². The second-order valence-corrected chi connectivity index (χ2v) is 0.931. The van der Waals surface area contributed by atoms with Crippen LogP contribution in [0.2, 0.25) is 0 Å². The van der Waals surface area contributed by atoms with Crippen LogP contribution in [0.5, 0.6) is 0 Å². The zero-order chi connectivity index (χ0) is 4.12. The minimum absolute atomic E-state index is 0. The molecule has 0 aliphatic carbocycles. The fourth-order valence-corrected chi connectivity index (χ4v) is 0.144. The van der Waals surface area contributed by atoms with E-state index in [1.165, 1.54) is 0 Å². The van der Waals surface area contributed by atoms with Gasteiger partial charge in [-0.3, -0.25) is 0 Å². The summed E-state index contributed by atoms with van der Waals surface area (Å²) in [6.45, 7) is 7.11. The molecule has 0 spiro atoms. The van der Waals surface area contributed by atoms with Gasteiger partial charge in [-0.1, -0.05) is 12.5 Å². The molecule has 0 aromatic heterocycles. The van der Waals surface area contributed by atoms with Crippen molar-refractivity contribution >= 4 is 23.1 Å². The molecule has 0 amide bonds. The Balaban J connectivity index is -0.0000000800. The molecule has 0 nitrogen and oxygen atoms in total. The standard InChI is InChI=1S/C5H9.BrH.Mg/c1-3-5-4-2;;/h3H,1-2,4-5H2;1H;/q-1;;+2/p-1. The van der Waals surface area contributed by atoms with Crippen LogP contribution in [0.15, 0.2) is 12.7 Å². The SMILES string of the molecule is C=CCC[CH2-].[Br-].[Mg+2]. The maximum absolute atomic E-state index is 3.60. The van der Waals surface area contributed by atoms with Crippen molar-refractivity contribution in [1.82, 2.24) is 0 Å². The van der Waals surface area contributed by atoms with Crippen molar-refractivity contribution in [1.29, 1.82) is 0 Å². The Morgan fingerprint density at radius 1 is 1.57 bits per heavy atom. The van der Waals surface area contributed by atoms with Gasteiger partial charge in [-0.15, -0.1) is 6.58 Å². The normalized spacial score (nSPS) is 5.29. The predicted molar refractivity (Wildman–Crippen MR) is 30.5 cm³/mol. The molecule has 7 heavy (non-hydrogen) atoms. The van der Waals surface area contributed by atoms with E-state index in [2.05, 4.69) is 13.5 Å². The second kappa shape index (κ2) is 15.8. The Morgan fingerprint density at radius 2 is 2.00 bits per heavy atom. The summed E-state index contributed by atoms with van der Waals surface area (Å²) in [5.41, 5.74) is 0. The second-order valence-electron chi connectivity index (χ2n) is 0.931. The van der Waals surface area contributed by atoms with Crippen molar-refractivity contribution in [3.05, 3.63) is 19.6 Å². The van der Waals surface area contributed by atoms with Crippen LogP contribution in [0.3, 0.4) is 0 Å². The average molecular weight is 173 g/mol. The Labute approximate surface area is 72.3 Å². The van der Waals surface area contributed by atoms with Crippen LogP contribution in [0.25, 0.3) is 0 Å². The first-order valence-electron chi connectivity index (χ1n) is 1.82. The van der Waals surface area contributed by atoms with Gasteiger partial charge in [0.1, 0.15) is 0 Å². The zero-order valence-electron chi connectivity index (χ0n) is 4.49. The van der Waals surface area contributed by atoms with E-state index < -0.39 is 0 Å². The van der Waals surface area contributed by atoms with Crippen LogP contribution in [0, 0.1) is 6.92 Å². The molecule has 0 saturated heterocycles. The van der Waals surface area contributed by atoms with Crippen LogP contribution in [0.4, 0.5) is 0 Å². The molecular weight excluding hydrogens is 164 g/mol. The first-order valence-corrected chi connectivity index (χ1v) is 1.82. The minimum Gasteiger partial charge on any atom is -1.00 e. The molecule has 0 unspecified atom stereocenters. The van der Waals surface area contributed by atoms with Gasteiger partial charge in [0.2, 0.25) is 0 Å². The molecule has 0 aliphatic rings. The minimum atomic E-state index is 0. The fraction of sp³-hybridized carbons (Fsp3) is 0.400. The summed E-state index contributed by atoms with van der Waals surface area (Å²) < 4.78 is 0. The Bertz CT molecular complexity index is 29.3. The van der Waals surface area contributed by atoms with E-state index in [0.29, 0.717) is 0 Å². The third-order valence-corrected chi connectivity index (χ3v) is 0.408. The monoisotopic (exact) mass is 172 g/mol. The molecule has 0 aromatic rings. The first-order chi connectivity index (χ1) is 2.41. The molecule has 0 N–H and O–H groups in total. The van der Waals surface area contributed by atoms with Crippen molar-refractivity contribution in [3.8, 4) is 0 Å². The van der Waals surface area contributed by atoms with Crippen LogP contribution >= 0.6 is 0 Å². The number of allylic oxidation sites excluding steroid dienone is 1. The predicted octanol–water partition coefficient (Wildman–Crippen LogP) is -1.59. The zero-order valence-corrected chi connectivity index (χ0v) is 7.49. The van der Waals surface area contributed by atoms with E-state index in [-0.39, 0.29) is 40.0 Å². The van der Waals surface area contributed by atoms with Gasteiger partial charge >= 0.3 is 23.1 Å². The molecule has 0 aliphatic heterocycles. The van der Waals surface area contributed by atoms with Crippen molar-refractivity contribution in [2.75, 3.05) is 0 Å². The van der Waals surface area contributed by atoms with Crippen LogP contribution in [0.1, 0.15) is 12.8 Å². The molecule has 0 bridgehead atoms. The summed E-state index contributed by atoms with van der Waals surface area (Å²) in [6.07, 6.45) is 3.89. The van der Waals surface area contributed by atoms with Gasteiger partial charge in [-0.25, -0.2) is 0 Å². The summed E-state index contributed by atoms with van der Waals surface area (Å²) in [5.74, 6) is 0. The van der Waals surface area contributed by atoms with Crippen molar-refractivity contribution < 1.29 is 17.0 Å². The summed E-state index contributed by atoms with van der Waals surface area (Å²) >= 11 is 0. The van der Waals surface area contributed by atoms with Gasteiger partial charge in [-0.05, 0) is 0 Å². The van der Waals surface area contributed by atoms with E-state index in [0.717, 1.165) is 12.8 Å². The van der Waals surface area contributed by atoms with E-state index in [4.69, 9.17) is 0 Å². The van der Waals surface area contributed by atoms with Crippen molar-refractivity contribution in [3.63, 3.8) is 0 Å². The van der Waals surface area contributed by atoms with E-state index in [1.54, 1.807) is 0 Å². The quantitative estimate of drug-likeness (QED) is 0.268. The maximum atomic E-state index is 3.60. The van der Waals surface area contributed by atoms with Crippen molar-refractivity contribution in [2.45, 2.75) is 12.8 Å². The summed E-state index contributed by atoms with van der Waals surface area (Å²) in [7, 11) is 0. The molecule has 2 heteroatoms. The van der Waals surface area contributed by atoms with E-state index >= 15 is 0 Å². The average Bonchev–Trinajstić information content (AvgIpc) is 1.41. The molecule has 0 atom stereocenters. The Kier molecular flexibility index (Phi) is 35.3. The summed E-state index contributed by atoms with van der Waals surface area (Å²) in [5, 5.41) is 0. The van der Waals surface area contributed by atoms with Gasteiger partial charge < -0.3 is 23.9 Å². The molecule has 0 fully saturated rings. The third-order valence-electron chi connectivity index (χ3n) is 0.408. The van der Waals surface area contributed by atoms with Gasteiger partial charge in [0.25, 0.3) is 0 Å². The number of rotatable bonds is 2. The van der Waals surface area contributed by atoms with E-state index in [1.807, 2.05) is 6.08 Å². The molecular formula is C5H9BrMg. The number of unbranched alkanes of at least 4 members (excludes halogenated alkanes) is 1. The summed E-state index contributed by atoms with van der Waals surface area (Å²) in [4.78, 5) is 0. The van der Waals surface area contributed by atoms with Crippen LogP contribution < -0.4 is 17.0 Å². The van der Waals surface area contributed by atoms with E-state index in [9.17, 15) is 0 Å². The van der Waals surface area contributed by atoms with Crippen LogP contribution in [-0.4, -0.2) is 23.1 Å². The number of hydrogen-bond donors (Lipinski definition) is 0. The fourth-order valence-electron chi connectivity index (χ4n) is 0.144. The van der Waals surface area contributed by atoms with Gasteiger partial charge in [-0.2, -0.15) is 6.42 Å². The smallest absolute Gasteiger partial charge is 1.00 e. The first kappa shape index (κ1) is 15.7. The molecule has 0 saturated carbocycles. The van der Waals surface area contributed by atoms with Crippen LogP contribution in [-0.2, 0) is 0 Å². The molecule has 0 rings (SSSR count). The molecule has 0 radical (unpaired) electrons. The Hall–Kier alpha value is 0.986. The van der Waals surface area contributed by atoms with Gasteiger partial charge in [0, 0.05) is 0 Å². The maximum Gasteiger partial charge on any atom is 2.00 e. The summed E-state index contributed by atoms with van der Waals surface area (Å²) in [6, 6.07) is 0. The third kappa shape index (κ3) is 19.5. The number of halogens is 1. The van der Waals surface area contributed by atoms with Gasteiger partial charge in [0.05, 0.1) is 0 Å². The van der Waals surface area contributed by atoms with Crippen molar-refractivity contribution in [2.24, 2.45) is 0 Å².